The van der Waals surface area contributed by atoms with E-state index in [2.05, 4.69) is 10.1 Å². The van der Waals surface area contributed by atoms with E-state index in [0.717, 1.165) is 11.4 Å². The van der Waals surface area contributed by atoms with Crippen molar-refractivity contribution in [2.45, 2.75) is 13.8 Å². The molecular formula is C13H11ClN4O2. The van der Waals surface area contributed by atoms with E-state index in [1.54, 1.807) is 12.1 Å². The van der Waals surface area contributed by atoms with Gasteiger partial charge in [-0.3, -0.25) is 4.79 Å². The Labute approximate surface area is 118 Å². The van der Waals surface area contributed by atoms with E-state index in [1.807, 2.05) is 19.9 Å². The Bertz CT molecular complexity index is 882. The van der Waals surface area contributed by atoms with E-state index in [0.29, 0.717) is 15.3 Å². The first kappa shape index (κ1) is 12.7. The maximum atomic E-state index is 12.2. The highest BCUT2D eigenvalue weighted by Gasteiger charge is 2.14. The van der Waals surface area contributed by atoms with Crippen LogP contribution in [0.1, 0.15) is 11.4 Å². The van der Waals surface area contributed by atoms with Gasteiger partial charge in [0, 0.05) is 10.7 Å². The zero-order valence-corrected chi connectivity index (χ0v) is 11.6. The lowest BCUT2D eigenvalue weighted by atomic mass is 10.2. The molecule has 20 heavy (non-hydrogen) atoms. The number of benzene rings is 1. The zero-order chi connectivity index (χ0) is 14.4. The number of fused-ring (bicyclic) bond motifs is 1. The van der Waals surface area contributed by atoms with Crippen molar-refractivity contribution in [1.82, 2.24) is 19.5 Å². The van der Waals surface area contributed by atoms with Crippen LogP contribution in [0.3, 0.4) is 0 Å². The smallest absolute Gasteiger partial charge is 0.295 e. The Balaban J connectivity index is 2.38. The Kier molecular flexibility index (Phi) is 2.76. The van der Waals surface area contributed by atoms with Crippen molar-refractivity contribution in [1.29, 1.82) is 0 Å². The predicted octanol–water partition coefficient (Wildman–Crippen LogP) is 2.09. The van der Waals surface area contributed by atoms with Crippen molar-refractivity contribution >= 4 is 22.5 Å². The lowest BCUT2D eigenvalue weighted by Crippen LogP contribution is -2.25. The molecule has 3 aromatic rings. The Morgan fingerprint density at radius 1 is 1.25 bits per heavy atom. The number of aryl methyl sites for hydroxylation is 2. The van der Waals surface area contributed by atoms with Gasteiger partial charge in [0.2, 0.25) is 0 Å². The van der Waals surface area contributed by atoms with Crippen LogP contribution >= 0.6 is 11.6 Å². The minimum absolute atomic E-state index is 0.0513. The third-order valence-electron chi connectivity index (χ3n) is 2.99. The fourth-order valence-electron chi connectivity index (χ4n) is 2.11. The topological polar surface area (TPSA) is 72.9 Å². The van der Waals surface area contributed by atoms with Crippen LogP contribution in [0.15, 0.2) is 29.1 Å². The second-order valence-electron chi connectivity index (χ2n) is 4.53. The van der Waals surface area contributed by atoms with Crippen LogP contribution in [0.2, 0.25) is 5.02 Å². The summed E-state index contributed by atoms with van der Waals surface area (Å²) in [6.07, 6.45) is 0. The van der Waals surface area contributed by atoms with Crippen molar-refractivity contribution in [3.63, 3.8) is 0 Å². The summed E-state index contributed by atoms with van der Waals surface area (Å²) in [5, 5.41) is 14.9. The maximum absolute atomic E-state index is 12.2. The maximum Gasteiger partial charge on any atom is 0.295 e. The lowest BCUT2D eigenvalue weighted by molar-refractivity contribution is 0.169. The highest BCUT2D eigenvalue weighted by molar-refractivity contribution is 6.31. The molecule has 3 rings (SSSR count). The number of hydrogen-bond acceptors (Lipinski definition) is 4. The van der Waals surface area contributed by atoms with Crippen molar-refractivity contribution < 1.29 is 5.21 Å². The van der Waals surface area contributed by atoms with Gasteiger partial charge in [0.05, 0.1) is 16.6 Å². The molecule has 0 radical (unpaired) electrons. The van der Waals surface area contributed by atoms with Gasteiger partial charge in [-0.15, -0.1) is 4.73 Å². The normalized spacial score (nSPS) is 11.2. The van der Waals surface area contributed by atoms with Gasteiger partial charge in [-0.05, 0) is 38.1 Å². The van der Waals surface area contributed by atoms with Crippen molar-refractivity contribution in [3.8, 4) is 5.95 Å². The Hall–Kier alpha value is -2.34. The van der Waals surface area contributed by atoms with Crippen LogP contribution in [-0.2, 0) is 0 Å². The summed E-state index contributed by atoms with van der Waals surface area (Å²) in [6.45, 7) is 3.64. The molecule has 0 saturated heterocycles. The summed E-state index contributed by atoms with van der Waals surface area (Å²) in [7, 11) is 0. The van der Waals surface area contributed by atoms with Gasteiger partial charge in [0.15, 0.2) is 0 Å². The second-order valence-corrected chi connectivity index (χ2v) is 4.97. The first-order valence-corrected chi connectivity index (χ1v) is 6.30. The third kappa shape index (κ3) is 1.85. The standard InChI is InChI=1S/C13H11ClN4O2/c1-7-5-8(2)17(16-7)13-15-11-4-3-9(14)6-10(11)12(19)18(13)20/h3-6,20H,1-2H3. The minimum atomic E-state index is -0.583. The van der Waals surface area contributed by atoms with Crippen LogP contribution in [0.4, 0.5) is 0 Å². The first-order valence-electron chi connectivity index (χ1n) is 5.92. The van der Waals surface area contributed by atoms with E-state index in [9.17, 15) is 10.0 Å². The SMILES string of the molecule is Cc1cc(C)n(-c2nc3ccc(Cl)cc3c(=O)n2O)n1. The molecule has 0 aliphatic carbocycles. The number of rotatable bonds is 1. The molecule has 6 nitrogen and oxygen atoms in total. The van der Waals surface area contributed by atoms with Gasteiger partial charge >= 0.3 is 0 Å². The molecule has 0 aliphatic rings. The van der Waals surface area contributed by atoms with E-state index in [-0.39, 0.29) is 11.3 Å². The molecule has 0 aliphatic heterocycles. The quantitative estimate of drug-likeness (QED) is 0.697. The van der Waals surface area contributed by atoms with Crippen LogP contribution in [-0.4, -0.2) is 24.7 Å². The van der Waals surface area contributed by atoms with Gasteiger partial charge in [-0.2, -0.15) is 5.10 Å². The van der Waals surface area contributed by atoms with E-state index < -0.39 is 5.56 Å². The monoisotopic (exact) mass is 290 g/mol. The molecule has 0 atom stereocenters. The number of hydrogen-bond donors (Lipinski definition) is 1. The Morgan fingerprint density at radius 3 is 2.65 bits per heavy atom. The molecule has 0 bridgehead atoms. The van der Waals surface area contributed by atoms with Gasteiger partial charge < -0.3 is 5.21 Å². The number of halogens is 1. The van der Waals surface area contributed by atoms with E-state index >= 15 is 0 Å². The molecule has 1 aromatic carbocycles. The second kappa shape index (κ2) is 4.35. The highest BCUT2D eigenvalue weighted by atomic mass is 35.5. The van der Waals surface area contributed by atoms with E-state index in [4.69, 9.17) is 11.6 Å². The van der Waals surface area contributed by atoms with Gasteiger partial charge in [0.25, 0.3) is 11.5 Å². The molecule has 1 N–H and O–H groups in total. The molecule has 102 valence electrons. The summed E-state index contributed by atoms with van der Waals surface area (Å²) >= 11 is 5.85. The molecule has 0 fully saturated rings. The largest absolute Gasteiger partial charge is 0.422 e. The zero-order valence-electron chi connectivity index (χ0n) is 10.8. The summed E-state index contributed by atoms with van der Waals surface area (Å²) in [6, 6.07) is 6.58. The van der Waals surface area contributed by atoms with Crippen LogP contribution in [0.5, 0.6) is 0 Å². The van der Waals surface area contributed by atoms with Crippen LogP contribution < -0.4 is 5.56 Å². The first-order chi connectivity index (χ1) is 9.47. The average molecular weight is 291 g/mol. The fraction of sp³-hybridized carbons (Fsp3) is 0.154. The fourth-order valence-corrected chi connectivity index (χ4v) is 2.28. The van der Waals surface area contributed by atoms with Gasteiger partial charge in [-0.25, -0.2) is 9.67 Å². The molecule has 0 spiro atoms. The van der Waals surface area contributed by atoms with Gasteiger partial charge in [0.1, 0.15) is 0 Å². The average Bonchev–Trinajstić information content (AvgIpc) is 2.73. The number of aromatic nitrogens is 4. The van der Waals surface area contributed by atoms with Gasteiger partial charge in [-0.1, -0.05) is 11.6 Å². The minimum Gasteiger partial charge on any atom is -0.422 e. The number of nitrogens with zero attached hydrogens (tertiary/aromatic N) is 4. The molecule has 0 saturated carbocycles. The summed E-state index contributed by atoms with van der Waals surface area (Å²) in [5.74, 6) is 0.0513. The van der Waals surface area contributed by atoms with Crippen molar-refractivity contribution in [2.24, 2.45) is 0 Å². The predicted molar refractivity (Wildman–Crippen MR) is 74.8 cm³/mol. The molecule has 0 unspecified atom stereocenters. The molecule has 2 heterocycles. The molecule has 0 amide bonds. The third-order valence-corrected chi connectivity index (χ3v) is 3.23. The molecule has 2 aromatic heterocycles. The molecular weight excluding hydrogens is 280 g/mol. The van der Waals surface area contributed by atoms with E-state index in [1.165, 1.54) is 10.7 Å². The van der Waals surface area contributed by atoms with Crippen LogP contribution in [0.25, 0.3) is 16.9 Å². The Morgan fingerprint density at radius 2 is 2.00 bits per heavy atom. The molecule has 7 heteroatoms. The summed E-state index contributed by atoms with van der Waals surface area (Å²) in [4.78, 5) is 16.4. The van der Waals surface area contributed by atoms with Crippen LogP contribution in [0, 0.1) is 13.8 Å². The summed E-state index contributed by atoms with van der Waals surface area (Å²) < 4.78 is 1.91. The highest BCUT2D eigenvalue weighted by Crippen LogP contribution is 2.16. The summed E-state index contributed by atoms with van der Waals surface area (Å²) in [5.41, 5.74) is 1.41. The van der Waals surface area contributed by atoms with Crippen molar-refractivity contribution in [2.75, 3.05) is 0 Å². The lowest BCUT2D eigenvalue weighted by Gasteiger charge is -2.08. The van der Waals surface area contributed by atoms with Crippen molar-refractivity contribution in [3.05, 3.63) is 51.0 Å².